The summed E-state index contributed by atoms with van der Waals surface area (Å²) in [5.74, 6) is 0. The topological polar surface area (TPSA) is 0 Å². The molecule has 75 valence electrons. The van der Waals surface area contributed by atoms with E-state index in [0.717, 1.165) is 10.5 Å². The summed E-state index contributed by atoms with van der Waals surface area (Å²) in [6.07, 6.45) is 0. The molecular weight excluding hydrogens is 224 g/mol. The van der Waals surface area contributed by atoms with Crippen molar-refractivity contribution < 1.29 is 0 Å². The van der Waals surface area contributed by atoms with E-state index >= 15 is 0 Å². The lowest BCUT2D eigenvalue weighted by atomic mass is 10.2. The maximum absolute atomic E-state index is 6.28. The van der Waals surface area contributed by atoms with Gasteiger partial charge in [-0.2, -0.15) is 0 Å². The Morgan fingerprint density at radius 1 is 1.00 bits per heavy atom. The average molecular weight is 234 g/mol. The number of hydrogen-bond donors (Lipinski definition) is 0. The molecule has 1 unspecified atom stereocenters. The minimum Gasteiger partial charge on any atom is -0.105 e. The molecule has 0 heterocycles. The highest BCUT2D eigenvalue weighted by atomic mass is 35.5. The lowest BCUT2D eigenvalue weighted by molar-refractivity contribution is 1.34. The molecule has 15 heavy (non-hydrogen) atoms. The molecule has 0 aromatic heterocycles. The molecule has 0 nitrogen and oxygen atoms in total. The molecule has 0 aliphatic heterocycles. The van der Waals surface area contributed by atoms with E-state index < -0.39 is 0 Å². The number of rotatable bonds is 3. The van der Waals surface area contributed by atoms with Crippen molar-refractivity contribution in [3.8, 4) is 0 Å². The smallest absolute Gasteiger partial charge is 0.105 e. The molecule has 0 fully saturated rings. The third-order valence-electron chi connectivity index (χ3n) is 1.97. The van der Waals surface area contributed by atoms with Crippen LogP contribution in [0.4, 0.5) is 0 Å². The summed E-state index contributed by atoms with van der Waals surface area (Å²) >= 11 is 7.89. The zero-order chi connectivity index (χ0) is 10.5. The molecule has 0 bridgehead atoms. The van der Waals surface area contributed by atoms with Crippen LogP contribution in [0, 0.1) is 6.07 Å². The number of alkyl halides is 1. The molecule has 2 aromatic carbocycles. The van der Waals surface area contributed by atoms with Gasteiger partial charge in [-0.05, 0) is 17.7 Å². The van der Waals surface area contributed by atoms with Gasteiger partial charge in [0.1, 0.15) is 4.71 Å². The van der Waals surface area contributed by atoms with Crippen molar-refractivity contribution in [3.63, 3.8) is 0 Å². The van der Waals surface area contributed by atoms with Crippen molar-refractivity contribution in [1.29, 1.82) is 0 Å². The van der Waals surface area contributed by atoms with Gasteiger partial charge in [0.05, 0.1) is 0 Å². The second-order valence-corrected chi connectivity index (χ2v) is 4.91. The Kier molecular flexibility index (Phi) is 3.70. The van der Waals surface area contributed by atoms with E-state index in [2.05, 4.69) is 6.07 Å². The van der Waals surface area contributed by atoms with Crippen LogP contribution in [0.25, 0.3) is 0 Å². The van der Waals surface area contributed by atoms with E-state index in [1.54, 1.807) is 11.8 Å². The number of benzene rings is 2. The maximum Gasteiger partial charge on any atom is 0.108 e. The van der Waals surface area contributed by atoms with Gasteiger partial charge in [0.25, 0.3) is 0 Å². The van der Waals surface area contributed by atoms with Crippen LogP contribution in [0.5, 0.6) is 0 Å². The fourth-order valence-corrected chi connectivity index (χ4v) is 2.48. The Labute approximate surface area is 99.3 Å². The third kappa shape index (κ3) is 3.01. The lowest BCUT2D eigenvalue weighted by Gasteiger charge is -2.08. The summed E-state index contributed by atoms with van der Waals surface area (Å²) in [5, 5.41) is 0. The van der Waals surface area contributed by atoms with E-state index in [4.69, 9.17) is 11.6 Å². The maximum atomic E-state index is 6.28. The monoisotopic (exact) mass is 233 g/mol. The Bertz CT molecular complexity index is 399. The first-order chi connectivity index (χ1) is 7.36. The van der Waals surface area contributed by atoms with Crippen LogP contribution in [-0.2, 0) is 0 Å². The normalized spacial score (nSPS) is 12.3. The highest BCUT2D eigenvalue weighted by Crippen LogP contribution is 2.37. The molecule has 1 atom stereocenters. The minimum atomic E-state index is -0.0511. The molecule has 0 spiro atoms. The van der Waals surface area contributed by atoms with E-state index in [0.29, 0.717) is 0 Å². The summed E-state index contributed by atoms with van der Waals surface area (Å²) < 4.78 is -0.0511. The van der Waals surface area contributed by atoms with Crippen LogP contribution in [0.3, 0.4) is 0 Å². The largest absolute Gasteiger partial charge is 0.108 e. The van der Waals surface area contributed by atoms with Gasteiger partial charge >= 0.3 is 0 Å². The van der Waals surface area contributed by atoms with Crippen molar-refractivity contribution in [2.24, 2.45) is 0 Å². The lowest BCUT2D eigenvalue weighted by Crippen LogP contribution is -1.84. The van der Waals surface area contributed by atoms with Gasteiger partial charge in [-0.15, -0.1) is 23.4 Å². The molecule has 0 saturated heterocycles. The minimum absolute atomic E-state index is 0.0511. The SMILES string of the molecule is ClC(Sc1[c]cccc1)c1ccccc1. The number of hydrogen-bond acceptors (Lipinski definition) is 1. The molecule has 2 aromatic rings. The molecule has 2 rings (SSSR count). The molecule has 0 aliphatic rings. The van der Waals surface area contributed by atoms with Crippen LogP contribution < -0.4 is 0 Å². The van der Waals surface area contributed by atoms with Crippen LogP contribution in [0.2, 0.25) is 0 Å². The van der Waals surface area contributed by atoms with E-state index in [9.17, 15) is 0 Å². The summed E-state index contributed by atoms with van der Waals surface area (Å²) in [6, 6.07) is 21.1. The van der Waals surface area contributed by atoms with Gasteiger partial charge < -0.3 is 0 Å². The first-order valence-corrected chi connectivity index (χ1v) is 6.00. The molecule has 0 N–H and O–H groups in total. The summed E-state index contributed by atoms with van der Waals surface area (Å²) in [4.78, 5) is 1.07. The van der Waals surface area contributed by atoms with Gasteiger partial charge in [-0.25, -0.2) is 0 Å². The molecule has 2 heteroatoms. The summed E-state index contributed by atoms with van der Waals surface area (Å²) in [5.41, 5.74) is 1.13. The Balaban J connectivity index is 2.08. The van der Waals surface area contributed by atoms with Crippen molar-refractivity contribution in [2.45, 2.75) is 9.60 Å². The van der Waals surface area contributed by atoms with E-state index in [-0.39, 0.29) is 4.71 Å². The highest BCUT2D eigenvalue weighted by Gasteiger charge is 2.08. The fraction of sp³-hybridized carbons (Fsp3) is 0.0769. The first kappa shape index (κ1) is 10.6. The van der Waals surface area contributed by atoms with Crippen LogP contribution >= 0.6 is 23.4 Å². The summed E-state index contributed by atoms with van der Waals surface area (Å²) in [7, 11) is 0. The van der Waals surface area contributed by atoms with Crippen LogP contribution in [0.15, 0.2) is 59.5 Å². The predicted molar refractivity (Wildman–Crippen MR) is 66.2 cm³/mol. The number of halogens is 1. The standard InChI is InChI=1S/C13H10ClS/c14-13(11-7-3-1-4-8-11)15-12-9-5-2-6-10-12/h1-9,13H. The Hall–Kier alpha value is -0.920. The van der Waals surface area contributed by atoms with Crippen molar-refractivity contribution in [3.05, 3.63) is 66.2 Å². The second-order valence-electron chi connectivity index (χ2n) is 3.07. The van der Waals surface area contributed by atoms with Gasteiger partial charge in [0, 0.05) is 4.90 Å². The van der Waals surface area contributed by atoms with Crippen molar-refractivity contribution in [2.75, 3.05) is 0 Å². The fourth-order valence-electron chi connectivity index (χ4n) is 1.23. The van der Waals surface area contributed by atoms with Gasteiger partial charge in [0.2, 0.25) is 0 Å². The van der Waals surface area contributed by atoms with Crippen molar-refractivity contribution in [1.82, 2.24) is 0 Å². The average Bonchev–Trinajstić information content (AvgIpc) is 2.31. The van der Waals surface area contributed by atoms with E-state index in [1.807, 2.05) is 54.6 Å². The van der Waals surface area contributed by atoms with Gasteiger partial charge in [-0.1, -0.05) is 48.5 Å². The molecule has 0 aliphatic carbocycles. The summed E-state index contributed by atoms with van der Waals surface area (Å²) in [6.45, 7) is 0. The molecular formula is C13H10ClS. The highest BCUT2D eigenvalue weighted by molar-refractivity contribution is 8.00. The zero-order valence-electron chi connectivity index (χ0n) is 8.06. The van der Waals surface area contributed by atoms with Gasteiger partial charge in [0.15, 0.2) is 0 Å². The molecule has 1 radical (unpaired) electrons. The Morgan fingerprint density at radius 3 is 2.40 bits per heavy atom. The second kappa shape index (κ2) is 5.24. The third-order valence-corrected chi connectivity index (χ3v) is 3.48. The van der Waals surface area contributed by atoms with Crippen LogP contribution in [-0.4, -0.2) is 0 Å². The van der Waals surface area contributed by atoms with Crippen LogP contribution in [0.1, 0.15) is 10.3 Å². The first-order valence-electron chi connectivity index (χ1n) is 4.68. The molecule has 0 amide bonds. The molecule has 0 saturated carbocycles. The predicted octanol–water partition coefficient (Wildman–Crippen LogP) is 4.52. The quantitative estimate of drug-likeness (QED) is 0.555. The van der Waals surface area contributed by atoms with Crippen molar-refractivity contribution >= 4 is 23.4 Å². The van der Waals surface area contributed by atoms with E-state index in [1.165, 1.54) is 0 Å². The zero-order valence-corrected chi connectivity index (χ0v) is 9.63. The Morgan fingerprint density at radius 2 is 1.73 bits per heavy atom. The van der Waals surface area contributed by atoms with Gasteiger partial charge in [-0.3, -0.25) is 0 Å². The number of thioether (sulfide) groups is 1.